The van der Waals surface area contributed by atoms with E-state index in [1.807, 2.05) is 0 Å². The van der Waals surface area contributed by atoms with Crippen molar-refractivity contribution in [2.75, 3.05) is 12.4 Å². The van der Waals surface area contributed by atoms with E-state index in [4.69, 9.17) is 21.1 Å². The first-order valence-electron chi connectivity index (χ1n) is 9.96. The van der Waals surface area contributed by atoms with E-state index in [9.17, 15) is 27.6 Å². The van der Waals surface area contributed by atoms with Crippen LogP contribution in [0.3, 0.4) is 0 Å². The molecule has 3 aromatic carbocycles. The molecular weight excluding hydrogens is 488 g/mol. The van der Waals surface area contributed by atoms with Crippen LogP contribution in [0.4, 0.5) is 23.2 Å². The molecule has 0 unspecified atom stereocenters. The van der Waals surface area contributed by atoms with E-state index in [1.165, 1.54) is 31.4 Å². The second-order valence-electron chi connectivity index (χ2n) is 7.14. The van der Waals surface area contributed by atoms with Crippen LogP contribution in [0.1, 0.15) is 16.7 Å². The number of ether oxygens (including phenoxy) is 2. The van der Waals surface area contributed by atoms with Crippen molar-refractivity contribution in [2.45, 2.75) is 12.8 Å². The number of methoxy groups -OCH3 is 1. The van der Waals surface area contributed by atoms with Gasteiger partial charge in [0.1, 0.15) is 24.1 Å². The molecule has 0 atom stereocenters. The van der Waals surface area contributed by atoms with E-state index in [0.29, 0.717) is 23.1 Å². The van der Waals surface area contributed by atoms with Crippen molar-refractivity contribution in [3.05, 3.63) is 93.8 Å². The number of halogens is 5. The lowest BCUT2D eigenvalue weighted by Gasteiger charge is -2.12. The zero-order valence-corrected chi connectivity index (χ0v) is 18.9. The number of nitrogens with one attached hydrogen (secondary N) is 1. The third kappa shape index (κ3) is 6.74. The molecule has 0 aromatic heterocycles. The maximum atomic E-state index is 13.0. The standard InChI is InChI=1S/C25H17ClF4N2O3/c1-34-23-11-16(4-9-22(23)35-14-15-2-6-19(27)7-3-15)10-17(13-31)24(33)32-21-12-18(25(28,29)30)5-8-20(21)26/h2-12H,14H2,1H3,(H,32,33)/b17-10-. The van der Waals surface area contributed by atoms with Gasteiger partial charge in [-0.15, -0.1) is 0 Å². The number of amides is 1. The van der Waals surface area contributed by atoms with Crippen molar-refractivity contribution in [3.8, 4) is 17.6 Å². The average molecular weight is 505 g/mol. The highest BCUT2D eigenvalue weighted by Crippen LogP contribution is 2.34. The van der Waals surface area contributed by atoms with Crippen LogP contribution in [-0.2, 0) is 17.6 Å². The molecule has 0 saturated carbocycles. The van der Waals surface area contributed by atoms with E-state index >= 15 is 0 Å². The minimum atomic E-state index is -4.63. The van der Waals surface area contributed by atoms with E-state index < -0.39 is 17.6 Å². The first-order chi connectivity index (χ1) is 16.6. The van der Waals surface area contributed by atoms with Crippen molar-refractivity contribution in [1.82, 2.24) is 0 Å². The monoisotopic (exact) mass is 504 g/mol. The molecule has 5 nitrogen and oxygen atoms in total. The lowest BCUT2D eigenvalue weighted by molar-refractivity contribution is -0.137. The molecule has 0 saturated heterocycles. The fourth-order valence-electron chi connectivity index (χ4n) is 2.94. The molecule has 0 aliphatic rings. The van der Waals surface area contributed by atoms with Crippen LogP contribution in [0, 0.1) is 17.1 Å². The molecule has 1 amide bonds. The summed E-state index contributed by atoms with van der Waals surface area (Å²) in [5, 5.41) is 11.5. The molecule has 1 N–H and O–H groups in total. The van der Waals surface area contributed by atoms with Crippen LogP contribution in [0.25, 0.3) is 6.08 Å². The van der Waals surface area contributed by atoms with E-state index in [2.05, 4.69) is 5.32 Å². The lowest BCUT2D eigenvalue weighted by atomic mass is 10.1. The van der Waals surface area contributed by atoms with E-state index in [-0.39, 0.29) is 28.7 Å². The smallest absolute Gasteiger partial charge is 0.416 e. The number of benzene rings is 3. The van der Waals surface area contributed by atoms with Gasteiger partial charge in [0.15, 0.2) is 11.5 Å². The second kappa shape index (κ2) is 10.9. The van der Waals surface area contributed by atoms with Crippen LogP contribution in [0.15, 0.2) is 66.2 Å². The number of nitriles is 1. The highest BCUT2D eigenvalue weighted by Gasteiger charge is 2.31. The highest BCUT2D eigenvalue weighted by molar-refractivity contribution is 6.34. The van der Waals surface area contributed by atoms with Crippen LogP contribution in [-0.4, -0.2) is 13.0 Å². The summed E-state index contributed by atoms with van der Waals surface area (Å²) in [5.41, 5.74) is -0.525. The Hall–Kier alpha value is -4.03. The third-order valence-corrected chi connectivity index (χ3v) is 5.04. The fourth-order valence-corrected chi connectivity index (χ4v) is 3.10. The zero-order chi connectivity index (χ0) is 25.6. The second-order valence-corrected chi connectivity index (χ2v) is 7.55. The van der Waals surface area contributed by atoms with Gasteiger partial charge in [0.25, 0.3) is 5.91 Å². The van der Waals surface area contributed by atoms with Gasteiger partial charge in [0.2, 0.25) is 0 Å². The maximum absolute atomic E-state index is 13.0. The largest absolute Gasteiger partial charge is 0.493 e. The minimum Gasteiger partial charge on any atom is -0.493 e. The van der Waals surface area contributed by atoms with Gasteiger partial charge in [0.05, 0.1) is 23.4 Å². The molecule has 0 spiro atoms. The first-order valence-corrected chi connectivity index (χ1v) is 10.3. The van der Waals surface area contributed by atoms with Gasteiger partial charge in [0, 0.05) is 0 Å². The Morgan fingerprint density at radius 2 is 1.80 bits per heavy atom. The quantitative estimate of drug-likeness (QED) is 0.223. The van der Waals surface area contributed by atoms with Gasteiger partial charge in [-0.2, -0.15) is 18.4 Å². The summed E-state index contributed by atoms with van der Waals surface area (Å²) in [7, 11) is 1.40. The molecule has 0 aliphatic carbocycles. The SMILES string of the molecule is COc1cc(/C=C(/C#N)C(=O)Nc2cc(C(F)(F)F)ccc2Cl)ccc1OCc1ccc(F)cc1. The molecule has 3 aromatic rings. The van der Waals surface area contributed by atoms with E-state index in [0.717, 1.165) is 17.7 Å². The van der Waals surface area contributed by atoms with Crippen LogP contribution < -0.4 is 14.8 Å². The van der Waals surface area contributed by atoms with Gasteiger partial charge in [-0.3, -0.25) is 4.79 Å². The molecule has 0 fully saturated rings. The summed E-state index contributed by atoms with van der Waals surface area (Å²) in [5.74, 6) is -0.633. The summed E-state index contributed by atoms with van der Waals surface area (Å²) in [4.78, 5) is 12.5. The summed E-state index contributed by atoms with van der Waals surface area (Å²) in [6.45, 7) is 0.148. The molecule has 0 bridgehead atoms. The Labute approximate surface area is 203 Å². The number of rotatable bonds is 7. The van der Waals surface area contributed by atoms with Crippen molar-refractivity contribution in [1.29, 1.82) is 5.26 Å². The Balaban J connectivity index is 1.78. The van der Waals surface area contributed by atoms with Gasteiger partial charge in [-0.05, 0) is 59.7 Å². The molecule has 0 heterocycles. The highest BCUT2D eigenvalue weighted by atomic mass is 35.5. The summed E-state index contributed by atoms with van der Waals surface area (Å²) in [6, 6.07) is 14.6. The normalized spacial score (nSPS) is 11.5. The van der Waals surface area contributed by atoms with Gasteiger partial charge >= 0.3 is 6.18 Å². The number of nitrogens with zero attached hydrogens (tertiary/aromatic N) is 1. The number of hydrogen-bond acceptors (Lipinski definition) is 4. The summed E-state index contributed by atoms with van der Waals surface area (Å²) >= 11 is 5.90. The van der Waals surface area contributed by atoms with Crippen molar-refractivity contribution < 1.29 is 31.8 Å². The number of hydrogen-bond donors (Lipinski definition) is 1. The van der Waals surface area contributed by atoms with Crippen molar-refractivity contribution >= 4 is 29.3 Å². The van der Waals surface area contributed by atoms with Crippen molar-refractivity contribution in [3.63, 3.8) is 0 Å². The average Bonchev–Trinajstić information content (AvgIpc) is 2.83. The van der Waals surface area contributed by atoms with Crippen LogP contribution in [0.2, 0.25) is 5.02 Å². The number of anilines is 1. The lowest BCUT2D eigenvalue weighted by Crippen LogP contribution is -2.15. The van der Waals surface area contributed by atoms with Gasteiger partial charge in [-0.25, -0.2) is 4.39 Å². The molecular formula is C25H17ClF4N2O3. The summed E-state index contributed by atoms with van der Waals surface area (Å²) < 4.78 is 62.9. The molecule has 3 rings (SSSR count). The van der Waals surface area contributed by atoms with Gasteiger partial charge < -0.3 is 14.8 Å². The number of carbonyl (C=O) groups excluding carboxylic acids is 1. The molecule has 0 radical (unpaired) electrons. The topological polar surface area (TPSA) is 71.3 Å². The van der Waals surface area contributed by atoms with Crippen molar-refractivity contribution in [2.24, 2.45) is 0 Å². The predicted octanol–water partition coefficient (Wildman–Crippen LogP) is 6.63. The Morgan fingerprint density at radius 3 is 2.43 bits per heavy atom. The molecule has 180 valence electrons. The Bertz CT molecular complexity index is 1300. The Morgan fingerprint density at radius 1 is 1.09 bits per heavy atom. The minimum absolute atomic E-state index is 0.118. The van der Waals surface area contributed by atoms with E-state index in [1.54, 1.807) is 30.3 Å². The Kier molecular flexibility index (Phi) is 7.99. The molecule has 10 heteroatoms. The molecule has 35 heavy (non-hydrogen) atoms. The first kappa shape index (κ1) is 25.6. The fraction of sp³-hybridized carbons (Fsp3) is 0.120. The third-order valence-electron chi connectivity index (χ3n) is 4.71. The molecule has 0 aliphatic heterocycles. The maximum Gasteiger partial charge on any atom is 0.416 e. The number of carbonyl (C=O) groups is 1. The zero-order valence-electron chi connectivity index (χ0n) is 18.1. The van der Waals surface area contributed by atoms with Crippen LogP contribution in [0.5, 0.6) is 11.5 Å². The number of alkyl halides is 3. The van der Waals surface area contributed by atoms with Crippen LogP contribution >= 0.6 is 11.6 Å². The predicted molar refractivity (Wildman–Crippen MR) is 122 cm³/mol. The van der Waals surface area contributed by atoms with Gasteiger partial charge in [-0.1, -0.05) is 29.8 Å². The summed E-state index contributed by atoms with van der Waals surface area (Å²) in [6.07, 6.45) is -3.39.